The summed E-state index contributed by atoms with van der Waals surface area (Å²) in [6.45, 7) is 1.86. The fourth-order valence-corrected chi connectivity index (χ4v) is 3.57. The Kier molecular flexibility index (Phi) is 3.93. The summed E-state index contributed by atoms with van der Waals surface area (Å²) in [5.41, 5.74) is 3.59. The standard InChI is InChI=1S/C21H15ClFNO2/c1-12-17-11-14(23)7-8-15(17)16-4-2-3-5-19(16)24(12)21(26)13-6-9-18(22)20(25)10-13/h2-12,25H,1H3/t12-/m1/s1. The van der Waals surface area contributed by atoms with E-state index in [1.165, 1.54) is 24.3 Å². The summed E-state index contributed by atoms with van der Waals surface area (Å²) in [7, 11) is 0. The predicted molar refractivity (Wildman–Crippen MR) is 100 cm³/mol. The number of rotatable bonds is 1. The summed E-state index contributed by atoms with van der Waals surface area (Å²) in [5.74, 6) is -0.778. The van der Waals surface area contributed by atoms with E-state index >= 15 is 0 Å². The lowest BCUT2D eigenvalue weighted by atomic mass is 9.88. The minimum Gasteiger partial charge on any atom is -0.506 e. The first-order chi connectivity index (χ1) is 12.5. The Morgan fingerprint density at radius 2 is 1.85 bits per heavy atom. The van der Waals surface area contributed by atoms with Gasteiger partial charge in [-0.2, -0.15) is 0 Å². The van der Waals surface area contributed by atoms with Crippen LogP contribution >= 0.6 is 11.6 Å². The second-order valence-corrected chi connectivity index (χ2v) is 6.67. The van der Waals surface area contributed by atoms with Crippen molar-refractivity contribution in [2.75, 3.05) is 4.90 Å². The predicted octanol–water partition coefficient (Wildman–Crippen LogP) is 5.57. The van der Waals surface area contributed by atoms with Crippen LogP contribution in [0.25, 0.3) is 11.1 Å². The maximum Gasteiger partial charge on any atom is 0.258 e. The van der Waals surface area contributed by atoms with Gasteiger partial charge in [0, 0.05) is 11.1 Å². The number of benzene rings is 3. The Labute approximate surface area is 155 Å². The van der Waals surface area contributed by atoms with Gasteiger partial charge >= 0.3 is 0 Å². The van der Waals surface area contributed by atoms with Crippen molar-refractivity contribution in [1.82, 2.24) is 0 Å². The fraction of sp³-hybridized carbons (Fsp3) is 0.0952. The van der Waals surface area contributed by atoms with Gasteiger partial charge in [0.05, 0.1) is 16.8 Å². The van der Waals surface area contributed by atoms with Gasteiger partial charge in [0.15, 0.2) is 0 Å². The van der Waals surface area contributed by atoms with Crippen LogP contribution in [0, 0.1) is 5.82 Å². The number of fused-ring (bicyclic) bond motifs is 3. The van der Waals surface area contributed by atoms with Gasteiger partial charge in [-0.1, -0.05) is 35.9 Å². The van der Waals surface area contributed by atoms with Gasteiger partial charge in [0.1, 0.15) is 11.6 Å². The van der Waals surface area contributed by atoms with Crippen LogP contribution in [0.15, 0.2) is 60.7 Å². The highest BCUT2D eigenvalue weighted by Crippen LogP contribution is 2.45. The normalized spacial score (nSPS) is 15.3. The van der Waals surface area contributed by atoms with Gasteiger partial charge in [-0.3, -0.25) is 4.79 Å². The zero-order chi connectivity index (χ0) is 18.4. The van der Waals surface area contributed by atoms with Crippen molar-refractivity contribution in [2.24, 2.45) is 0 Å². The van der Waals surface area contributed by atoms with Gasteiger partial charge < -0.3 is 10.0 Å². The van der Waals surface area contributed by atoms with Crippen LogP contribution in [0.2, 0.25) is 5.02 Å². The molecular formula is C21H15ClFNO2. The van der Waals surface area contributed by atoms with E-state index in [-0.39, 0.29) is 28.5 Å². The molecule has 0 aliphatic carbocycles. The fourth-order valence-electron chi connectivity index (χ4n) is 3.45. The number of anilines is 1. The molecule has 0 fully saturated rings. The van der Waals surface area contributed by atoms with E-state index < -0.39 is 0 Å². The molecule has 3 nitrogen and oxygen atoms in total. The third kappa shape index (κ3) is 2.54. The Morgan fingerprint density at radius 1 is 1.08 bits per heavy atom. The number of halogens is 2. The molecule has 3 aromatic rings. The quantitative estimate of drug-likeness (QED) is 0.610. The highest BCUT2D eigenvalue weighted by Gasteiger charge is 2.33. The summed E-state index contributed by atoms with van der Waals surface area (Å²) < 4.78 is 13.8. The first kappa shape index (κ1) is 16.6. The number of carbonyl (C=O) groups excluding carboxylic acids is 1. The van der Waals surface area contributed by atoms with Crippen molar-refractivity contribution in [3.8, 4) is 16.9 Å². The van der Waals surface area contributed by atoms with Crippen molar-refractivity contribution in [2.45, 2.75) is 13.0 Å². The molecule has 0 unspecified atom stereocenters. The SMILES string of the molecule is C[C@@H]1c2cc(F)ccc2-c2ccccc2N1C(=O)c1ccc(Cl)c(O)c1. The molecule has 1 heterocycles. The zero-order valence-electron chi connectivity index (χ0n) is 13.9. The van der Waals surface area contributed by atoms with Gasteiger partial charge in [0.25, 0.3) is 5.91 Å². The van der Waals surface area contributed by atoms with E-state index in [2.05, 4.69) is 0 Å². The number of aromatic hydroxyl groups is 1. The highest BCUT2D eigenvalue weighted by molar-refractivity contribution is 6.32. The number of hydrogen-bond acceptors (Lipinski definition) is 2. The Bertz CT molecular complexity index is 1030. The Hall–Kier alpha value is -2.85. The van der Waals surface area contributed by atoms with E-state index in [0.29, 0.717) is 5.56 Å². The molecule has 130 valence electrons. The molecule has 26 heavy (non-hydrogen) atoms. The summed E-state index contributed by atoms with van der Waals surface area (Å²) in [6.07, 6.45) is 0. The lowest BCUT2D eigenvalue weighted by Crippen LogP contribution is -2.36. The zero-order valence-corrected chi connectivity index (χ0v) is 14.7. The van der Waals surface area contributed by atoms with Gasteiger partial charge in [0.2, 0.25) is 0 Å². The van der Waals surface area contributed by atoms with E-state index in [9.17, 15) is 14.3 Å². The molecule has 0 radical (unpaired) electrons. The Morgan fingerprint density at radius 3 is 2.62 bits per heavy atom. The summed E-state index contributed by atoms with van der Waals surface area (Å²) in [5, 5.41) is 10.0. The van der Waals surface area contributed by atoms with Crippen LogP contribution in [0.1, 0.15) is 28.9 Å². The molecule has 1 amide bonds. The molecule has 1 aliphatic rings. The van der Waals surface area contributed by atoms with Crippen LogP contribution in [-0.2, 0) is 0 Å². The molecule has 0 aromatic heterocycles. The molecule has 3 aromatic carbocycles. The molecular weight excluding hydrogens is 353 g/mol. The van der Waals surface area contributed by atoms with E-state index in [1.54, 1.807) is 17.0 Å². The minimum atomic E-state index is -0.360. The number of nitrogens with zero attached hydrogens (tertiary/aromatic N) is 1. The third-order valence-electron chi connectivity index (χ3n) is 4.72. The van der Waals surface area contributed by atoms with Crippen molar-refractivity contribution >= 4 is 23.2 Å². The van der Waals surface area contributed by atoms with Crippen LogP contribution < -0.4 is 4.90 Å². The molecule has 5 heteroatoms. The summed E-state index contributed by atoms with van der Waals surface area (Å²) >= 11 is 5.85. The number of hydrogen-bond donors (Lipinski definition) is 1. The van der Waals surface area contributed by atoms with Crippen molar-refractivity contribution in [3.63, 3.8) is 0 Å². The van der Waals surface area contributed by atoms with Gasteiger partial charge in [-0.15, -0.1) is 0 Å². The minimum absolute atomic E-state index is 0.151. The van der Waals surface area contributed by atoms with Gasteiger partial charge in [-0.05, 0) is 54.4 Å². The second-order valence-electron chi connectivity index (χ2n) is 6.27. The topological polar surface area (TPSA) is 40.5 Å². The van der Waals surface area contributed by atoms with Crippen LogP contribution in [0.4, 0.5) is 10.1 Å². The number of phenolic OH excluding ortho intramolecular Hbond substituents is 1. The highest BCUT2D eigenvalue weighted by atomic mass is 35.5. The molecule has 0 spiro atoms. The number of amides is 1. The first-order valence-corrected chi connectivity index (χ1v) is 8.56. The van der Waals surface area contributed by atoms with E-state index in [1.807, 2.05) is 31.2 Å². The van der Waals surface area contributed by atoms with Crippen molar-refractivity contribution in [1.29, 1.82) is 0 Å². The maximum atomic E-state index is 13.8. The molecule has 4 rings (SSSR count). The van der Waals surface area contributed by atoms with Crippen LogP contribution in [-0.4, -0.2) is 11.0 Å². The largest absolute Gasteiger partial charge is 0.506 e. The molecule has 0 saturated carbocycles. The third-order valence-corrected chi connectivity index (χ3v) is 5.04. The average molecular weight is 368 g/mol. The molecule has 1 aliphatic heterocycles. The summed E-state index contributed by atoms with van der Waals surface area (Å²) in [6, 6.07) is 16.2. The molecule has 0 saturated heterocycles. The van der Waals surface area contributed by atoms with Crippen molar-refractivity contribution in [3.05, 3.63) is 82.6 Å². The van der Waals surface area contributed by atoms with Crippen LogP contribution in [0.5, 0.6) is 5.75 Å². The smallest absolute Gasteiger partial charge is 0.258 e. The number of phenols is 1. The molecule has 0 bridgehead atoms. The number of para-hydroxylation sites is 1. The first-order valence-electron chi connectivity index (χ1n) is 8.18. The van der Waals surface area contributed by atoms with E-state index in [0.717, 1.165) is 22.4 Å². The lowest BCUT2D eigenvalue weighted by Gasteiger charge is -2.37. The monoisotopic (exact) mass is 367 g/mol. The van der Waals surface area contributed by atoms with Crippen molar-refractivity contribution < 1.29 is 14.3 Å². The van der Waals surface area contributed by atoms with Gasteiger partial charge in [-0.25, -0.2) is 4.39 Å². The van der Waals surface area contributed by atoms with E-state index in [4.69, 9.17) is 11.6 Å². The second kappa shape index (κ2) is 6.15. The summed E-state index contributed by atoms with van der Waals surface area (Å²) in [4.78, 5) is 14.8. The Balaban J connectivity index is 1.88. The molecule has 1 atom stereocenters. The molecule has 1 N–H and O–H groups in total. The lowest BCUT2D eigenvalue weighted by molar-refractivity contribution is 0.0977. The van der Waals surface area contributed by atoms with Crippen LogP contribution in [0.3, 0.4) is 0 Å². The maximum absolute atomic E-state index is 13.8. The number of carbonyl (C=O) groups is 1. The average Bonchev–Trinajstić information content (AvgIpc) is 2.64.